The van der Waals surface area contributed by atoms with Crippen molar-refractivity contribution in [3.05, 3.63) is 30.1 Å². The average molecular weight is 274 g/mol. The number of hydrogen-bond acceptors (Lipinski definition) is 3. The molecule has 0 fully saturated rings. The smallest absolute Gasteiger partial charge is 0.316 e. The Morgan fingerprint density at radius 2 is 2.00 bits per heavy atom. The van der Waals surface area contributed by atoms with Crippen LogP contribution in [0.5, 0.6) is 0 Å². The Kier molecular flexibility index (Phi) is 4.42. The zero-order valence-corrected chi connectivity index (χ0v) is 12.6. The molecule has 0 saturated heterocycles. The van der Waals surface area contributed by atoms with E-state index in [4.69, 9.17) is 4.74 Å². The highest BCUT2D eigenvalue weighted by Crippen LogP contribution is 2.28. The molecule has 1 atom stereocenters. The van der Waals surface area contributed by atoms with Crippen molar-refractivity contribution in [2.45, 2.75) is 46.1 Å². The number of para-hydroxylation sites is 2. The third-order valence-corrected chi connectivity index (χ3v) is 3.43. The molecule has 20 heavy (non-hydrogen) atoms. The topological polar surface area (TPSA) is 44.1 Å². The highest BCUT2D eigenvalue weighted by Gasteiger charge is 2.27. The monoisotopic (exact) mass is 274 g/mol. The van der Waals surface area contributed by atoms with Crippen molar-refractivity contribution in [1.29, 1.82) is 0 Å². The van der Waals surface area contributed by atoms with E-state index in [1.54, 1.807) is 0 Å². The van der Waals surface area contributed by atoms with Gasteiger partial charge in [-0.3, -0.25) is 4.79 Å². The zero-order chi connectivity index (χ0) is 14.7. The molecular formula is C16H22N2O2. The molecule has 0 saturated carbocycles. The lowest BCUT2D eigenvalue weighted by molar-refractivity contribution is -0.145. The number of benzene rings is 1. The molecule has 108 valence electrons. The van der Waals surface area contributed by atoms with Gasteiger partial charge in [0, 0.05) is 6.04 Å². The lowest BCUT2D eigenvalue weighted by Crippen LogP contribution is -2.20. The van der Waals surface area contributed by atoms with E-state index in [1.807, 2.05) is 38.1 Å². The quantitative estimate of drug-likeness (QED) is 0.781. The molecule has 0 bridgehead atoms. The number of carbonyl (C=O) groups excluding carboxylic acids is 1. The van der Waals surface area contributed by atoms with Gasteiger partial charge >= 0.3 is 5.97 Å². The second-order valence-corrected chi connectivity index (χ2v) is 5.14. The summed E-state index contributed by atoms with van der Waals surface area (Å²) in [5.41, 5.74) is 2.00. The molecule has 1 aromatic carbocycles. The number of imidazole rings is 1. The van der Waals surface area contributed by atoms with Crippen molar-refractivity contribution in [2.75, 3.05) is 6.61 Å². The fourth-order valence-corrected chi connectivity index (χ4v) is 2.55. The molecular weight excluding hydrogens is 252 g/mol. The van der Waals surface area contributed by atoms with E-state index in [0.717, 1.165) is 16.9 Å². The summed E-state index contributed by atoms with van der Waals surface area (Å²) in [7, 11) is 0. The van der Waals surface area contributed by atoms with Gasteiger partial charge in [0.1, 0.15) is 11.7 Å². The predicted octanol–water partition coefficient (Wildman–Crippen LogP) is 3.67. The van der Waals surface area contributed by atoms with Crippen LogP contribution in [0.15, 0.2) is 24.3 Å². The number of hydrogen-bond donors (Lipinski definition) is 0. The van der Waals surface area contributed by atoms with Crippen LogP contribution in [0.25, 0.3) is 11.0 Å². The molecule has 0 radical (unpaired) electrons. The molecule has 2 aromatic rings. The maximum absolute atomic E-state index is 12.2. The molecule has 2 rings (SSSR count). The molecule has 4 heteroatoms. The van der Waals surface area contributed by atoms with E-state index < -0.39 is 0 Å². The average Bonchev–Trinajstić information content (AvgIpc) is 2.78. The van der Waals surface area contributed by atoms with Gasteiger partial charge in [0.15, 0.2) is 0 Å². The van der Waals surface area contributed by atoms with Crippen LogP contribution in [-0.2, 0) is 9.53 Å². The summed E-state index contributed by atoms with van der Waals surface area (Å²) in [6, 6.07) is 8.24. The Balaban J connectivity index is 2.56. The summed E-state index contributed by atoms with van der Waals surface area (Å²) < 4.78 is 7.33. The Hall–Kier alpha value is -1.84. The van der Waals surface area contributed by atoms with Crippen LogP contribution in [0.4, 0.5) is 0 Å². The molecule has 0 spiro atoms. The van der Waals surface area contributed by atoms with Gasteiger partial charge < -0.3 is 9.30 Å². The molecule has 0 aliphatic rings. The summed E-state index contributed by atoms with van der Waals surface area (Å²) in [5, 5.41) is 0. The van der Waals surface area contributed by atoms with E-state index in [-0.39, 0.29) is 17.9 Å². The van der Waals surface area contributed by atoms with Gasteiger partial charge in [0.2, 0.25) is 0 Å². The van der Waals surface area contributed by atoms with E-state index in [1.165, 1.54) is 0 Å². The van der Waals surface area contributed by atoms with Gasteiger partial charge in [-0.05, 0) is 39.3 Å². The molecule has 1 heterocycles. The lowest BCUT2D eigenvalue weighted by Gasteiger charge is -2.18. The Morgan fingerprint density at radius 3 is 2.60 bits per heavy atom. The van der Waals surface area contributed by atoms with Gasteiger partial charge in [-0.1, -0.05) is 19.1 Å². The maximum atomic E-state index is 12.2. The number of aromatic nitrogens is 2. The maximum Gasteiger partial charge on any atom is 0.316 e. The Labute approximate surface area is 119 Å². The minimum atomic E-state index is -0.301. The van der Waals surface area contributed by atoms with Crippen LogP contribution >= 0.6 is 0 Å². The van der Waals surface area contributed by atoms with Crippen LogP contribution in [0.3, 0.4) is 0 Å². The number of nitrogens with zero attached hydrogens (tertiary/aromatic N) is 2. The van der Waals surface area contributed by atoms with E-state index in [2.05, 4.69) is 23.4 Å². The molecule has 4 nitrogen and oxygen atoms in total. The first-order chi connectivity index (χ1) is 9.60. The first kappa shape index (κ1) is 14.6. The predicted molar refractivity (Wildman–Crippen MR) is 79.8 cm³/mol. The van der Waals surface area contributed by atoms with Crippen molar-refractivity contribution in [1.82, 2.24) is 9.55 Å². The van der Waals surface area contributed by atoms with Gasteiger partial charge in [-0.15, -0.1) is 0 Å². The summed E-state index contributed by atoms with van der Waals surface area (Å²) in [6.45, 7) is 8.43. The fraction of sp³-hybridized carbons (Fsp3) is 0.500. The van der Waals surface area contributed by atoms with Crippen molar-refractivity contribution in [3.8, 4) is 0 Å². The van der Waals surface area contributed by atoms with Crippen LogP contribution in [-0.4, -0.2) is 22.1 Å². The number of fused-ring (bicyclic) bond motifs is 1. The van der Waals surface area contributed by atoms with Crippen LogP contribution in [0.1, 0.15) is 51.9 Å². The molecule has 0 amide bonds. The highest BCUT2D eigenvalue weighted by atomic mass is 16.5. The summed E-state index contributed by atoms with van der Waals surface area (Å²) >= 11 is 0. The molecule has 0 N–H and O–H groups in total. The normalized spacial score (nSPS) is 12.8. The second-order valence-electron chi connectivity index (χ2n) is 5.14. The van der Waals surface area contributed by atoms with E-state index >= 15 is 0 Å². The molecule has 1 unspecified atom stereocenters. The van der Waals surface area contributed by atoms with Crippen molar-refractivity contribution < 1.29 is 9.53 Å². The van der Waals surface area contributed by atoms with Gasteiger partial charge in [0.05, 0.1) is 17.6 Å². The summed E-state index contributed by atoms with van der Waals surface area (Å²) in [4.78, 5) is 16.8. The summed E-state index contributed by atoms with van der Waals surface area (Å²) in [5.74, 6) is 0.319. The minimum absolute atomic E-state index is 0.188. The van der Waals surface area contributed by atoms with Gasteiger partial charge in [-0.2, -0.15) is 0 Å². The SMILES string of the molecule is CCOC(=O)C(CC)c1nc2ccccc2n1C(C)C. The summed E-state index contributed by atoms with van der Waals surface area (Å²) in [6.07, 6.45) is 0.689. The number of rotatable bonds is 5. The third kappa shape index (κ3) is 2.55. The van der Waals surface area contributed by atoms with E-state index in [0.29, 0.717) is 13.0 Å². The Bertz CT molecular complexity index is 602. The van der Waals surface area contributed by atoms with Gasteiger partial charge in [0.25, 0.3) is 0 Å². The minimum Gasteiger partial charge on any atom is -0.465 e. The first-order valence-electron chi connectivity index (χ1n) is 7.23. The Morgan fingerprint density at radius 1 is 1.30 bits per heavy atom. The standard InChI is InChI=1S/C16H22N2O2/c1-5-12(16(19)20-6-2)15-17-13-9-7-8-10-14(13)18(15)11(3)4/h7-12H,5-6H2,1-4H3. The number of esters is 1. The number of ether oxygens (including phenoxy) is 1. The number of carbonyl (C=O) groups is 1. The van der Waals surface area contributed by atoms with E-state index in [9.17, 15) is 4.79 Å². The second kappa shape index (κ2) is 6.07. The molecule has 0 aliphatic heterocycles. The van der Waals surface area contributed by atoms with Crippen molar-refractivity contribution in [2.24, 2.45) is 0 Å². The largest absolute Gasteiger partial charge is 0.465 e. The van der Waals surface area contributed by atoms with Crippen LogP contribution in [0, 0.1) is 0 Å². The van der Waals surface area contributed by atoms with Gasteiger partial charge in [-0.25, -0.2) is 4.98 Å². The van der Waals surface area contributed by atoms with Crippen molar-refractivity contribution in [3.63, 3.8) is 0 Å². The van der Waals surface area contributed by atoms with Crippen LogP contribution < -0.4 is 0 Å². The van der Waals surface area contributed by atoms with Crippen molar-refractivity contribution >= 4 is 17.0 Å². The first-order valence-corrected chi connectivity index (χ1v) is 7.23. The fourth-order valence-electron chi connectivity index (χ4n) is 2.55. The third-order valence-electron chi connectivity index (χ3n) is 3.43. The molecule has 1 aromatic heterocycles. The molecule has 0 aliphatic carbocycles. The van der Waals surface area contributed by atoms with Crippen LogP contribution in [0.2, 0.25) is 0 Å². The highest BCUT2D eigenvalue weighted by molar-refractivity contribution is 5.81. The lowest BCUT2D eigenvalue weighted by atomic mass is 10.1. The zero-order valence-electron chi connectivity index (χ0n) is 12.6.